The van der Waals surface area contributed by atoms with Crippen molar-refractivity contribution in [2.45, 2.75) is 138 Å². The third-order valence-electron chi connectivity index (χ3n) is 9.90. The summed E-state index contributed by atoms with van der Waals surface area (Å²) in [6.45, 7) is 19.4. The molecule has 14 nitrogen and oxygen atoms in total. The molecule has 318 valence electrons. The van der Waals surface area contributed by atoms with Crippen LogP contribution in [0.4, 0.5) is 4.79 Å². The SMILES string of the molecule is CCC(C)[C@H](NC(=O)[C@@H](C(C)C)N(C)C(=O)OC(C)(C)C)C(=O)N(C)[C@H](C[C@@H](OC(C)=O)c1nc(C(=O)N[C@@H](Cc2ccccc2)C[C@H](C)C(=O)O)cs1)C(C)C. The fraction of sp³-hybridized carbons (Fsp3) is 0.643. The zero-order valence-corrected chi connectivity index (χ0v) is 36.8. The molecule has 0 radical (unpaired) electrons. The van der Waals surface area contributed by atoms with Gasteiger partial charge in [-0.25, -0.2) is 9.78 Å². The first-order chi connectivity index (χ1) is 26.5. The number of carbonyl (C=O) groups is 6. The van der Waals surface area contributed by atoms with E-state index in [1.54, 1.807) is 45.0 Å². The highest BCUT2D eigenvalue weighted by Gasteiger charge is 2.39. The molecule has 15 heteroatoms. The Morgan fingerprint density at radius 3 is 2.02 bits per heavy atom. The number of rotatable bonds is 20. The Morgan fingerprint density at radius 2 is 1.51 bits per heavy atom. The van der Waals surface area contributed by atoms with Gasteiger partial charge in [0.1, 0.15) is 28.4 Å². The number of amides is 4. The summed E-state index contributed by atoms with van der Waals surface area (Å²) in [6, 6.07) is 6.63. The van der Waals surface area contributed by atoms with Crippen LogP contribution in [0.3, 0.4) is 0 Å². The number of carbonyl (C=O) groups excluding carboxylic acids is 5. The molecule has 1 heterocycles. The molecule has 2 aromatic rings. The third kappa shape index (κ3) is 15.1. The summed E-state index contributed by atoms with van der Waals surface area (Å²) in [6.07, 6.45) is -0.211. The van der Waals surface area contributed by atoms with Crippen LogP contribution in [-0.2, 0) is 35.1 Å². The maximum absolute atomic E-state index is 14.4. The van der Waals surface area contributed by atoms with Crippen molar-refractivity contribution in [1.29, 1.82) is 0 Å². The minimum Gasteiger partial charge on any atom is -0.481 e. The molecule has 0 bridgehead atoms. The van der Waals surface area contributed by atoms with Crippen molar-refractivity contribution in [3.63, 3.8) is 0 Å². The first-order valence-corrected chi connectivity index (χ1v) is 20.6. The Bertz CT molecular complexity index is 1660. The van der Waals surface area contributed by atoms with Gasteiger partial charge >= 0.3 is 18.0 Å². The molecule has 3 N–H and O–H groups in total. The number of esters is 1. The molecule has 7 atom stereocenters. The molecule has 57 heavy (non-hydrogen) atoms. The maximum atomic E-state index is 14.4. The summed E-state index contributed by atoms with van der Waals surface area (Å²) in [5.74, 6) is -4.26. The van der Waals surface area contributed by atoms with Crippen molar-refractivity contribution >= 4 is 47.1 Å². The van der Waals surface area contributed by atoms with Gasteiger partial charge in [-0.3, -0.25) is 28.9 Å². The summed E-state index contributed by atoms with van der Waals surface area (Å²) in [5, 5.41) is 17.4. The van der Waals surface area contributed by atoms with Crippen molar-refractivity contribution in [1.82, 2.24) is 25.4 Å². The molecule has 1 unspecified atom stereocenters. The quantitative estimate of drug-likeness (QED) is 0.125. The van der Waals surface area contributed by atoms with Gasteiger partial charge in [0.05, 0.1) is 5.92 Å². The topological polar surface area (TPSA) is 185 Å². The number of nitrogens with zero attached hydrogens (tertiary/aromatic N) is 3. The summed E-state index contributed by atoms with van der Waals surface area (Å²) >= 11 is 1.14. The van der Waals surface area contributed by atoms with Crippen LogP contribution in [-0.4, -0.2) is 99.5 Å². The Morgan fingerprint density at radius 1 is 0.895 bits per heavy atom. The maximum Gasteiger partial charge on any atom is 0.410 e. The van der Waals surface area contributed by atoms with E-state index in [1.807, 2.05) is 71.9 Å². The number of nitrogens with one attached hydrogen (secondary N) is 2. The van der Waals surface area contributed by atoms with E-state index in [9.17, 15) is 33.9 Å². The number of carboxylic acid groups (broad SMARTS) is 1. The molecular weight excluding hydrogens is 751 g/mol. The van der Waals surface area contributed by atoms with Crippen LogP contribution in [0.1, 0.15) is 123 Å². The van der Waals surface area contributed by atoms with Crippen LogP contribution < -0.4 is 10.6 Å². The second kappa shape index (κ2) is 21.8. The smallest absolute Gasteiger partial charge is 0.410 e. The first kappa shape index (κ1) is 48.6. The number of hydrogen-bond acceptors (Lipinski definition) is 10. The standard InChI is InChI=1S/C42H65N5O9S/c1-14-26(6)34(45-37(50)35(25(4)5)47(13)41(54)56-42(9,10)11)39(51)46(12)32(24(2)3)22-33(55-28(8)48)38-44-31(23-57-38)36(49)43-30(20-27(7)40(52)53)21-29-18-16-15-17-19-29/h15-19,23-27,30,32-35H,14,20-22H2,1-13H3,(H,43,49)(H,45,50)(H,52,53)/t26?,27-,30+,32+,33+,34-,35+/m0/s1. The van der Waals surface area contributed by atoms with Crippen LogP contribution in [0.5, 0.6) is 0 Å². The third-order valence-corrected chi connectivity index (χ3v) is 10.8. The molecule has 0 fully saturated rings. The molecule has 0 spiro atoms. The fourth-order valence-corrected chi connectivity index (χ4v) is 7.43. The number of likely N-dealkylation sites (N-methyl/N-ethyl adjacent to an activating group) is 2. The van der Waals surface area contributed by atoms with Gasteiger partial charge in [-0.15, -0.1) is 11.3 Å². The largest absolute Gasteiger partial charge is 0.481 e. The molecule has 0 aliphatic rings. The van der Waals surface area contributed by atoms with Crippen LogP contribution in [0.25, 0.3) is 0 Å². The van der Waals surface area contributed by atoms with E-state index < -0.39 is 71.6 Å². The van der Waals surface area contributed by atoms with Gasteiger partial charge in [-0.1, -0.05) is 85.2 Å². The zero-order valence-electron chi connectivity index (χ0n) is 36.0. The van der Waals surface area contributed by atoms with E-state index in [1.165, 1.54) is 18.9 Å². The minimum atomic E-state index is -0.964. The molecule has 0 saturated carbocycles. The average molecular weight is 816 g/mol. The number of benzene rings is 1. The number of ether oxygens (including phenoxy) is 2. The van der Waals surface area contributed by atoms with Gasteiger partial charge in [0.2, 0.25) is 11.8 Å². The summed E-state index contributed by atoms with van der Waals surface area (Å²) in [7, 11) is 3.16. The normalized spacial score (nSPS) is 15.4. The van der Waals surface area contributed by atoms with E-state index in [4.69, 9.17) is 9.47 Å². The monoisotopic (exact) mass is 815 g/mol. The van der Waals surface area contributed by atoms with E-state index in [0.717, 1.165) is 16.9 Å². The Labute approximate surface area is 342 Å². The van der Waals surface area contributed by atoms with Gasteiger partial charge in [-0.2, -0.15) is 0 Å². The van der Waals surface area contributed by atoms with Crippen molar-refractivity contribution in [2.24, 2.45) is 23.7 Å². The highest BCUT2D eigenvalue weighted by Crippen LogP contribution is 2.31. The van der Waals surface area contributed by atoms with E-state index in [2.05, 4.69) is 15.6 Å². The van der Waals surface area contributed by atoms with Gasteiger partial charge in [0.15, 0.2) is 6.10 Å². The first-order valence-electron chi connectivity index (χ1n) is 19.7. The lowest BCUT2D eigenvalue weighted by molar-refractivity contribution is -0.149. The van der Waals surface area contributed by atoms with Crippen molar-refractivity contribution in [3.8, 4) is 0 Å². The van der Waals surface area contributed by atoms with Crippen molar-refractivity contribution in [3.05, 3.63) is 52.0 Å². The minimum absolute atomic E-state index is 0.0920. The lowest BCUT2D eigenvalue weighted by atomic mass is 9.92. The Balaban J connectivity index is 2.37. The van der Waals surface area contributed by atoms with Crippen LogP contribution in [0.15, 0.2) is 35.7 Å². The lowest BCUT2D eigenvalue weighted by Gasteiger charge is -2.38. The molecule has 0 aliphatic carbocycles. The predicted molar refractivity (Wildman–Crippen MR) is 219 cm³/mol. The number of aromatic nitrogens is 1. The average Bonchev–Trinajstić information content (AvgIpc) is 3.61. The highest BCUT2D eigenvalue weighted by atomic mass is 32.1. The lowest BCUT2D eigenvalue weighted by Crippen LogP contribution is -2.59. The molecular formula is C42H65N5O9S. The van der Waals surface area contributed by atoms with Gasteiger partial charge in [0, 0.05) is 44.9 Å². The molecule has 4 amide bonds. The number of thiazole rings is 1. The summed E-state index contributed by atoms with van der Waals surface area (Å²) in [5.41, 5.74) is 0.266. The predicted octanol–water partition coefficient (Wildman–Crippen LogP) is 6.49. The number of carboxylic acids is 1. The van der Waals surface area contributed by atoms with Crippen LogP contribution >= 0.6 is 11.3 Å². The second-order valence-electron chi connectivity index (χ2n) is 16.7. The molecule has 1 aromatic heterocycles. The molecule has 0 aliphatic heterocycles. The Kier molecular flexibility index (Phi) is 18.6. The molecule has 0 saturated heterocycles. The van der Waals surface area contributed by atoms with Gasteiger partial charge < -0.3 is 30.1 Å². The van der Waals surface area contributed by atoms with Gasteiger partial charge in [-0.05, 0) is 56.9 Å². The van der Waals surface area contributed by atoms with Gasteiger partial charge in [0.25, 0.3) is 5.91 Å². The van der Waals surface area contributed by atoms with Crippen molar-refractivity contribution < 1.29 is 43.3 Å². The van der Waals surface area contributed by atoms with Crippen LogP contribution in [0, 0.1) is 23.7 Å². The number of hydrogen-bond donors (Lipinski definition) is 3. The molecule has 1 aromatic carbocycles. The summed E-state index contributed by atoms with van der Waals surface area (Å²) < 4.78 is 11.3. The second-order valence-corrected chi connectivity index (χ2v) is 17.5. The highest BCUT2D eigenvalue weighted by molar-refractivity contribution is 7.09. The van der Waals surface area contributed by atoms with Crippen molar-refractivity contribution in [2.75, 3.05) is 14.1 Å². The fourth-order valence-electron chi connectivity index (χ4n) is 6.59. The Hall–Kier alpha value is -4.53. The van der Waals surface area contributed by atoms with E-state index in [0.29, 0.717) is 17.8 Å². The summed E-state index contributed by atoms with van der Waals surface area (Å²) in [4.78, 5) is 86.3. The zero-order chi connectivity index (χ0) is 43.4. The van der Waals surface area contributed by atoms with E-state index >= 15 is 0 Å². The van der Waals surface area contributed by atoms with E-state index in [-0.39, 0.29) is 42.2 Å². The molecule has 2 rings (SSSR count). The van der Waals surface area contributed by atoms with Crippen LogP contribution in [0.2, 0.25) is 0 Å². The number of aliphatic carboxylic acids is 1.